The smallest absolute Gasteiger partial charge is 0.353 e. The van der Waals surface area contributed by atoms with E-state index in [1.807, 2.05) is 0 Å². The Kier molecular flexibility index (Phi) is 5.60. The molecule has 1 aromatic heterocycles. The lowest BCUT2D eigenvalue weighted by Crippen LogP contribution is -2.33. The van der Waals surface area contributed by atoms with Crippen LogP contribution in [0.4, 0.5) is 0 Å². The van der Waals surface area contributed by atoms with Crippen molar-refractivity contribution in [2.75, 3.05) is 13.0 Å². The van der Waals surface area contributed by atoms with E-state index in [1.54, 1.807) is 0 Å². The Labute approximate surface area is 134 Å². The highest BCUT2D eigenvalue weighted by molar-refractivity contribution is 7.52. The molecule has 0 saturated carbocycles. The third kappa shape index (κ3) is 4.12. The summed E-state index contributed by atoms with van der Waals surface area (Å²) in [5.41, 5.74) is 7.68. The minimum Gasteiger partial charge on any atom is -0.384 e. The van der Waals surface area contributed by atoms with E-state index in [2.05, 4.69) is 15.0 Å². The number of ether oxygens (including phenoxy) is 1. The molecule has 0 radical (unpaired) electrons. The Bertz CT molecular complexity index is 814. The van der Waals surface area contributed by atoms with Crippen LogP contribution in [-0.4, -0.2) is 44.7 Å². The van der Waals surface area contributed by atoms with Gasteiger partial charge in [-0.3, -0.25) is 18.9 Å². The van der Waals surface area contributed by atoms with Gasteiger partial charge in [0.1, 0.15) is 12.6 Å². The minimum absolute atomic E-state index is 0.109. The van der Waals surface area contributed by atoms with Crippen LogP contribution in [0.2, 0.25) is 0 Å². The normalized spacial score (nSPS) is 25.9. The quantitative estimate of drug-likeness (QED) is 0.275. The lowest BCUT2D eigenvalue weighted by Gasteiger charge is -2.18. The van der Waals surface area contributed by atoms with Gasteiger partial charge in [0.15, 0.2) is 0 Å². The second-order valence-electron chi connectivity index (χ2n) is 5.19. The molecule has 1 aliphatic rings. The maximum Gasteiger partial charge on any atom is 0.353 e. The summed E-state index contributed by atoms with van der Waals surface area (Å²) < 4.78 is 22.7. The van der Waals surface area contributed by atoms with Crippen molar-refractivity contribution in [3.63, 3.8) is 0 Å². The van der Waals surface area contributed by atoms with Gasteiger partial charge in [-0.1, -0.05) is 5.11 Å². The highest BCUT2D eigenvalue weighted by atomic mass is 31.2. The van der Waals surface area contributed by atoms with E-state index < -0.39 is 50.2 Å². The maximum atomic E-state index is 11.9. The number of aryl methyl sites for hydroxylation is 1. The van der Waals surface area contributed by atoms with Crippen molar-refractivity contribution in [1.29, 1.82) is 0 Å². The second kappa shape index (κ2) is 7.31. The number of nitrogens with one attached hydrogen (secondary N) is 1. The van der Waals surface area contributed by atoms with Crippen LogP contribution in [0.15, 0.2) is 20.9 Å². The Morgan fingerprint density at radius 3 is 2.96 bits per heavy atom. The number of rotatable bonds is 6. The first-order valence-corrected chi connectivity index (χ1v) is 8.62. The number of aromatic amines is 1. The fourth-order valence-electron chi connectivity index (χ4n) is 2.25. The van der Waals surface area contributed by atoms with Gasteiger partial charge in [-0.05, 0) is 12.5 Å². The van der Waals surface area contributed by atoms with E-state index in [1.165, 1.54) is 13.1 Å². The van der Waals surface area contributed by atoms with Crippen molar-refractivity contribution < 1.29 is 23.8 Å². The van der Waals surface area contributed by atoms with Crippen LogP contribution in [0.1, 0.15) is 18.2 Å². The molecule has 1 aromatic rings. The van der Waals surface area contributed by atoms with Gasteiger partial charge in [0.05, 0.1) is 18.8 Å². The van der Waals surface area contributed by atoms with Gasteiger partial charge in [0.2, 0.25) is 0 Å². The van der Waals surface area contributed by atoms with Crippen molar-refractivity contribution in [3.05, 3.63) is 43.0 Å². The van der Waals surface area contributed by atoms with E-state index in [0.717, 1.165) is 4.57 Å². The average Bonchev–Trinajstić information content (AvgIpc) is 2.92. The van der Waals surface area contributed by atoms with Gasteiger partial charge in [0.25, 0.3) is 5.56 Å². The summed E-state index contributed by atoms with van der Waals surface area (Å²) in [6, 6.07) is -0.752. The van der Waals surface area contributed by atoms with E-state index in [-0.39, 0.29) is 6.42 Å². The first kappa shape index (κ1) is 18.4. The van der Waals surface area contributed by atoms with E-state index in [0.29, 0.717) is 5.56 Å². The summed E-state index contributed by atoms with van der Waals surface area (Å²) in [4.78, 5) is 37.3. The van der Waals surface area contributed by atoms with Crippen molar-refractivity contribution in [2.24, 2.45) is 5.11 Å². The number of azide groups is 1. The molecule has 0 aromatic carbocycles. The number of nitrogens with zero attached hydrogens (tertiary/aromatic N) is 4. The predicted octanol–water partition coefficient (Wildman–Crippen LogP) is -0.0368. The van der Waals surface area contributed by atoms with E-state index in [9.17, 15) is 19.0 Å². The van der Waals surface area contributed by atoms with Crippen LogP contribution in [0.5, 0.6) is 0 Å². The van der Waals surface area contributed by atoms with Crippen molar-refractivity contribution >= 4 is 7.60 Å². The van der Waals surface area contributed by atoms with Gasteiger partial charge in [0, 0.05) is 23.1 Å². The number of aliphatic hydroxyl groups is 1. The summed E-state index contributed by atoms with van der Waals surface area (Å²) in [7, 11) is -4.16. The van der Waals surface area contributed by atoms with Crippen molar-refractivity contribution in [2.45, 2.75) is 31.7 Å². The standard InChI is InChI=1S/C11H16N5O7P/c1-6-3-16(11(19)13-10(6)18)9-2-7(14-15-12)8(23-9)4-22-24(20,21)5-17/h3,7-9,17H,2,4-5H2,1H3,(H,20,21)(H,13,18,19)/t7-,8+,9+/m0/s1. The molecule has 13 heteroatoms. The molecule has 0 amide bonds. The third-order valence-corrected chi connectivity index (χ3v) is 4.39. The van der Waals surface area contributed by atoms with Crippen LogP contribution in [0.3, 0.4) is 0 Å². The number of hydrogen-bond acceptors (Lipinski definition) is 7. The molecule has 0 spiro atoms. The van der Waals surface area contributed by atoms with Gasteiger partial charge < -0.3 is 19.3 Å². The van der Waals surface area contributed by atoms with Gasteiger partial charge in [-0.15, -0.1) is 0 Å². The molecular formula is C11H16N5O7P. The molecule has 132 valence electrons. The molecule has 1 aliphatic heterocycles. The zero-order valence-electron chi connectivity index (χ0n) is 12.6. The molecule has 1 unspecified atom stereocenters. The molecule has 2 heterocycles. The Morgan fingerprint density at radius 1 is 1.62 bits per heavy atom. The van der Waals surface area contributed by atoms with Gasteiger partial charge in [-0.2, -0.15) is 0 Å². The zero-order valence-corrected chi connectivity index (χ0v) is 13.5. The molecule has 24 heavy (non-hydrogen) atoms. The topological polar surface area (TPSA) is 180 Å². The summed E-state index contributed by atoms with van der Waals surface area (Å²) in [6.07, 6.45) is -1.37. The second-order valence-corrected chi connectivity index (χ2v) is 7.01. The van der Waals surface area contributed by atoms with Crippen molar-refractivity contribution in [3.8, 4) is 0 Å². The van der Waals surface area contributed by atoms with Crippen LogP contribution < -0.4 is 11.2 Å². The Hall–Kier alpha value is -1.94. The monoisotopic (exact) mass is 361 g/mol. The summed E-state index contributed by atoms with van der Waals surface area (Å²) in [5, 5.41) is 12.3. The first-order chi connectivity index (χ1) is 11.3. The summed E-state index contributed by atoms with van der Waals surface area (Å²) in [6.45, 7) is 1.10. The van der Waals surface area contributed by atoms with E-state index >= 15 is 0 Å². The average molecular weight is 361 g/mol. The molecule has 2 rings (SSSR count). The molecule has 1 fully saturated rings. The molecule has 12 nitrogen and oxygen atoms in total. The fourth-order valence-corrected chi connectivity index (χ4v) is 2.72. The summed E-state index contributed by atoms with van der Waals surface area (Å²) >= 11 is 0. The number of aliphatic hydroxyl groups excluding tert-OH is 1. The zero-order chi connectivity index (χ0) is 17.9. The van der Waals surface area contributed by atoms with Gasteiger partial charge >= 0.3 is 13.3 Å². The van der Waals surface area contributed by atoms with Crippen LogP contribution in [-0.2, 0) is 13.8 Å². The van der Waals surface area contributed by atoms with Gasteiger partial charge in [-0.25, -0.2) is 4.79 Å². The number of hydrogen-bond donors (Lipinski definition) is 3. The van der Waals surface area contributed by atoms with E-state index in [4.69, 9.17) is 19.9 Å². The van der Waals surface area contributed by atoms with Crippen LogP contribution in [0, 0.1) is 6.92 Å². The maximum absolute atomic E-state index is 11.9. The molecule has 0 aliphatic carbocycles. The predicted molar refractivity (Wildman–Crippen MR) is 80.4 cm³/mol. The molecule has 1 saturated heterocycles. The number of H-pyrrole nitrogens is 1. The highest BCUT2D eigenvalue weighted by Crippen LogP contribution is 2.42. The van der Waals surface area contributed by atoms with Crippen LogP contribution >= 0.6 is 7.60 Å². The van der Waals surface area contributed by atoms with Crippen LogP contribution in [0.25, 0.3) is 10.4 Å². The lowest BCUT2D eigenvalue weighted by molar-refractivity contribution is -0.0245. The number of aromatic nitrogens is 2. The molecule has 0 bridgehead atoms. The largest absolute Gasteiger partial charge is 0.384 e. The lowest BCUT2D eigenvalue weighted by atomic mass is 10.1. The SMILES string of the molecule is Cc1cn([C@H]2C[C@H](N=[N+]=[N-])[C@@H](COP(=O)(O)CO)O2)c(=O)[nH]c1=O. The first-order valence-electron chi connectivity index (χ1n) is 6.86. The Morgan fingerprint density at radius 2 is 2.33 bits per heavy atom. The van der Waals surface area contributed by atoms with Crippen molar-refractivity contribution in [1.82, 2.24) is 9.55 Å². The summed E-state index contributed by atoms with van der Waals surface area (Å²) in [5.74, 6) is 0. The Balaban J connectivity index is 2.22. The molecule has 4 atom stereocenters. The highest BCUT2D eigenvalue weighted by Gasteiger charge is 2.37. The molecular weight excluding hydrogens is 345 g/mol. The third-order valence-electron chi connectivity index (χ3n) is 3.48. The fraction of sp³-hybridized carbons (Fsp3) is 0.636. The molecule has 3 N–H and O–H groups in total. The minimum atomic E-state index is -4.16.